The van der Waals surface area contributed by atoms with E-state index in [0.717, 1.165) is 16.4 Å². The third kappa shape index (κ3) is 4.07. The van der Waals surface area contributed by atoms with Crippen LogP contribution < -0.4 is 0 Å². The molecule has 5 nitrogen and oxygen atoms in total. The summed E-state index contributed by atoms with van der Waals surface area (Å²) in [5, 5.41) is 0.737. The van der Waals surface area contributed by atoms with E-state index in [4.69, 9.17) is 4.74 Å². The number of carbonyl (C=O) groups excluding carboxylic acids is 2. The van der Waals surface area contributed by atoms with Gasteiger partial charge in [0.05, 0.1) is 24.5 Å². The predicted octanol–water partition coefficient (Wildman–Crippen LogP) is 2.38. The van der Waals surface area contributed by atoms with Gasteiger partial charge in [0, 0.05) is 6.54 Å². The molecular formula is C15H18N2O3S. The number of nitrogens with zero attached hydrogens (tertiary/aromatic N) is 2. The number of amidine groups is 1. The molecule has 1 aliphatic rings. The van der Waals surface area contributed by atoms with Crippen molar-refractivity contribution in [1.29, 1.82) is 0 Å². The summed E-state index contributed by atoms with van der Waals surface area (Å²) < 4.78 is 4.91. The highest BCUT2D eigenvalue weighted by atomic mass is 32.2. The van der Waals surface area contributed by atoms with E-state index in [2.05, 4.69) is 4.99 Å². The first-order chi connectivity index (χ1) is 10.1. The van der Waals surface area contributed by atoms with E-state index in [9.17, 15) is 9.59 Å². The van der Waals surface area contributed by atoms with Crippen LogP contribution in [0.5, 0.6) is 0 Å². The van der Waals surface area contributed by atoms with Crippen LogP contribution in [-0.4, -0.2) is 40.8 Å². The van der Waals surface area contributed by atoms with Gasteiger partial charge in [-0.15, -0.1) is 0 Å². The fraction of sp³-hybridized carbons (Fsp3) is 0.400. The van der Waals surface area contributed by atoms with Gasteiger partial charge >= 0.3 is 5.97 Å². The Hall–Kier alpha value is -1.82. The molecule has 1 aromatic carbocycles. The highest BCUT2D eigenvalue weighted by Crippen LogP contribution is 2.23. The van der Waals surface area contributed by atoms with Crippen LogP contribution in [0.25, 0.3) is 0 Å². The number of hydrogen-bond acceptors (Lipinski definition) is 5. The van der Waals surface area contributed by atoms with Crippen LogP contribution in [0.15, 0.2) is 29.3 Å². The first-order valence-corrected chi connectivity index (χ1v) is 7.89. The molecule has 21 heavy (non-hydrogen) atoms. The summed E-state index contributed by atoms with van der Waals surface area (Å²) >= 11 is 1.45. The third-order valence-electron chi connectivity index (χ3n) is 2.99. The minimum absolute atomic E-state index is 0.0974. The number of rotatable bonds is 5. The van der Waals surface area contributed by atoms with Crippen molar-refractivity contribution in [2.45, 2.75) is 20.3 Å². The standard InChI is InChI=1S/C15H18N2O3S/c1-3-17-13(18)10-21-15(17)16-12-7-5-11(6-8-12)9-14(19)20-4-2/h5-8H,3-4,9-10H2,1-2H3/b16-15+. The smallest absolute Gasteiger partial charge is 0.310 e. The fourth-order valence-corrected chi connectivity index (χ4v) is 2.94. The molecule has 0 aliphatic carbocycles. The largest absolute Gasteiger partial charge is 0.466 e. The van der Waals surface area contributed by atoms with Crippen LogP contribution in [0.4, 0.5) is 5.69 Å². The van der Waals surface area contributed by atoms with Gasteiger partial charge in [-0.1, -0.05) is 23.9 Å². The van der Waals surface area contributed by atoms with Crippen LogP contribution in [0.2, 0.25) is 0 Å². The van der Waals surface area contributed by atoms with Crippen LogP contribution in [0.1, 0.15) is 19.4 Å². The second kappa shape index (κ2) is 7.26. The maximum atomic E-state index is 11.6. The Morgan fingerprint density at radius 1 is 1.33 bits per heavy atom. The van der Waals surface area contributed by atoms with Crippen molar-refractivity contribution in [2.75, 3.05) is 18.9 Å². The number of ether oxygens (including phenoxy) is 1. The van der Waals surface area contributed by atoms with Crippen LogP contribution >= 0.6 is 11.8 Å². The Balaban J connectivity index is 2.05. The van der Waals surface area contributed by atoms with Crippen molar-refractivity contribution in [3.8, 4) is 0 Å². The van der Waals surface area contributed by atoms with E-state index in [1.165, 1.54) is 11.8 Å². The fourth-order valence-electron chi connectivity index (χ4n) is 1.97. The maximum absolute atomic E-state index is 11.6. The Labute approximate surface area is 128 Å². The lowest BCUT2D eigenvalue weighted by molar-refractivity contribution is -0.142. The molecule has 1 saturated heterocycles. The lowest BCUT2D eigenvalue weighted by Gasteiger charge is -2.12. The first-order valence-electron chi connectivity index (χ1n) is 6.90. The molecule has 6 heteroatoms. The van der Waals surface area contributed by atoms with E-state index in [1.807, 2.05) is 31.2 Å². The van der Waals surface area contributed by atoms with Gasteiger partial charge in [-0.2, -0.15) is 0 Å². The third-order valence-corrected chi connectivity index (χ3v) is 3.95. The number of hydrogen-bond donors (Lipinski definition) is 0. The zero-order valence-corrected chi connectivity index (χ0v) is 13.0. The lowest BCUT2D eigenvalue weighted by atomic mass is 10.1. The Bertz CT molecular complexity index is 555. The average molecular weight is 306 g/mol. The summed E-state index contributed by atoms with van der Waals surface area (Å²) in [5.41, 5.74) is 1.66. The van der Waals surface area contributed by atoms with E-state index < -0.39 is 0 Å². The van der Waals surface area contributed by atoms with Crippen LogP contribution in [0.3, 0.4) is 0 Å². The van der Waals surface area contributed by atoms with E-state index in [0.29, 0.717) is 18.9 Å². The van der Waals surface area contributed by atoms with E-state index in [1.54, 1.807) is 11.8 Å². The van der Waals surface area contributed by atoms with Gasteiger partial charge in [0.15, 0.2) is 5.17 Å². The number of benzene rings is 1. The van der Waals surface area contributed by atoms with Gasteiger partial charge in [-0.25, -0.2) is 4.99 Å². The summed E-state index contributed by atoms with van der Waals surface area (Å²) in [6, 6.07) is 7.40. The first kappa shape index (κ1) is 15.6. The van der Waals surface area contributed by atoms with Gasteiger partial charge in [-0.3, -0.25) is 14.5 Å². The van der Waals surface area contributed by atoms with Gasteiger partial charge in [0.2, 0.25) is 5.91 Å². The number of carbonyl (C=O) groups is 2. The number of esters is 1. The van der Waals surface area contributed by atoms with Gasteiger partial charge in [-0.05, 0) is 31.5 Å². The minimum Gasteiger partial charge on any atom is -0.466 e. The molecular weight excluding hydrogens is 288 g/mol. The highest BCUT2D eigenvalue weighted by molar-refractivity contribution is 8.15. The predicted molar refractivity (Wildman–Crippen MR) is 83.7 cm³/mol. The van der Waals surface area contributed by atoms with Gasteiger partial charge in [0.1, 0.15) is 0 Å². The number of amides is 1. The number of aliphatic imine (C=N–C) groups is 1. The van der Waals surface area contributed by atoms with Crippen molar-refractivity contribution < 1.29 is 14.3 Å². The molecule has 112 valence electrons. The average Bonchev–Trinajstić information content (AvgIpc) is 2.81. The van der Waals surface area contributed by atoms with Crippen molar-refractivity contribution in [3.05, 3.63) is 29.8 Å². The highest BCUT2D eigenvalue weighted by Gasteiger charge is 2.26. The quantitative estimate of drug-likeness (QED) is 0.784. The molecule has 0 bridgehead atoms. The minimum atomic E-state index is -0.231. The molecule has 0 saturated carbocycles. The Morgan fingerprint density at radius 3 is 2.67 bits per heavy atom. The van der Waals surface area contributed by atoms with E-state index in [-0.39, 0.29) is 18.3 Å². The Kier molecular flexibility index (Phi) is 5.38. The zero-order chi connectivity index (χ0) is 15.2. The van der Waals surface area contributed by atoms with Crippen LogP contribution in [0, 0.1) is 0 Å². The van der Waals surface area contributed by atoms with Gasteiger partial charge < -0.3 is 4.74 Å². The van der Waals surface area contributed by atoms with E-state index >= 15 is 0 Å². The van der Waals surface area contributed by atoms with Crippen LogP contribution in [-0.2, 0) is 20.7 Å². The second-order valence-corrected chi connectivity index (χ2v) is 5.41. The summed E-state index contributed by atoms with van der Waals surface area (Å²) in [6.45, 7) is 4.74. The SMILES string of the molecule is CCOC(=O)Cc1ccc(/N=C2/SCC(=O)N2CC)cc1. The van der Waals surface area contributed by atoms with Crippen molar-refractivity contribution in [2.24, 2.45) is 4.99 Å². The lowest BCUT2D eigenvalue weighted by Crippen LogP contribution is -2.28. The molecule has 1 fully saturated rings. The molecule has 0 unspecified atom stereocenters. The molecule has 1 aromatic rings. The monoisotopic (exact) mass is 306 g/mol. The molecule has 1 aliphatic heterocycles. The summed E-state index contributed by atoms with van der Waals surface area (Å²) in [4.78, 5) is 29.2. The molecule has 0 aromatic heterocycles. The topological polar surface area (TPSA) is 59.0 Å². The maximum Gasteiger partial charge on any atom is 0.310 e. The van der Waals surface area contributed by atoms with Crippen molar-refractivity contribution >= 4 is 34.5 Å². The summed E-state index contributed by atoms with van der Waals surface area (Å²) in [7, 11) is 0. The molecule has 1 amide bonds. The second-order valence-electron chi connectivity index (χ2n) is 4.47. The van der Waals surface area contributed by atoms with Gasteiger partial charge in [0.25, 0.3) is 0 Å². The normalized spacial score (nSPS) is 16.6. The molecule has 0 N–H and O–H groups in total. The Morgan fingerprint density at radius 2 is 2.05 bits per heavy atom. The van der Waals surface area contributed by atoms with Crippen molar-refractivity contribution in [1.82, 2.24) is 4.90 Å². The molecule has 0 atom stereocenters. The summed E-state index contributed by atoms with van der Waals surface area (Å²) in [5.74, 6) is 0.319. The van der Waals surface area contributed by atoms with Crippen molar-refractivity contribution in [3.63, 3.8) is 0 Å². The molecule has 0 radical (unpaired) electrons. The molecule has 2 rings (SSSR count). The molecule has 1 heterocycles. The zero-order valence-electron chi connectivity index (χ0n) is 12.2. The number of thioether (sulfide) groups is 1. The summed E-state index contributed by atoms with van der Waals surface area (Å²) in [6.07, 6.45) is 0.263. The molecule has 0 spiro atoms.